The van der Waals surface area contributed by atoms with Gasteiger partial charge in [-0.25, -0.2) is 4.79 Å². The fraction of sp³-hybridized carbons (Fsp3) is 0.500. The van der Waals surface area contributed by atoms with Crippen LogP contribution in [0.2, 0.25) is 0 Å². The molecule has 0 spiro atoms. The van der Waals surface area contributed by atoms with Crippen LogP contribution in [0.4, 0.5) is 0 Å². The van der Waals surface area contributed by atoms with Crippen LogP contribution >= 0.6 is 0 Å². The maximum absolute atomic E-state index is 13.0. The lowest BCUT2D eigenvalue weighted by atomic mass is 10.0. The Hall–Kier alpha value is -4.42. The SMILES string of the molecule is CCOC(=O)CC[C@@H](NC(=O)[C@@H](NC(=O)CNC(=O)/C=C/c1ccc(OC(C)=O)c(OC)c1)C(C)C)C(=O)OCC. The molecule has 0 aliphatic rings. The van der Waals surface area contributed by atoms with Crippen molar-refractivity contribution in [3.05, 3.63) is 29.8 Å². The van der Waals surface area contributed by atoms with Gasteiger partial charge in [0.25, 0.3) is 0 Å². The van der Waals surface area contributed by atoms with E-state index in [0.29, 0.717) is 11.3 Å². The van der Waals surface area contributed by atoms with E-state index in [4.69, 9.17) is 18.9 Å². The van der Waals surface area contributed by atoms with Gasteiger partial charge in [-0.05, 0) is 50.0 Å². The molecule has 2 atom stereocenters. The average molecular weight is 578 g/mol. The fourth-order valence-electron chi connectivity index (χ4n) is 3.43. The molecular weight excluding hydrogens is 538 g/mol. The molecule has 0 saturated carbocycles. The second-order valence-corrected chi connectivity index (χ2v) is 9.00. The first kappa shape index (κ1) is 34.6. The Balaban J connectivity index is 2.75. The molecule has 0 aliphatic heterocycles. The third kappa shape index (κ3) is 13.0. The molecular formula is C28H39N3O10. The van der Waals surface area contributed by atoms with E-state index in [1.54, 1.807) is 39.8 Å². The maximum Gasteiger partial charge on any atom is 0.328 e. The van der Waals surface area contributed by atoms with Gasteiger partial charge in [-0.1, -0.05) is 19.9 Å². The molecule has 0 aliphatic carbocycles. The van der Waals surface area contributed by atoms with Crippen molar-refractivity contribution in [2.75, 3.05) is 26.9 Å². The number of esters is 3. The Kier molecular flexibility index (Phi) is 15.2. The predicted octanol–water partition coefficient (Wildman–Crippen LogP) is 1.28. The summed E-state index contributed by atoms with van der Waals surface area (Å²) < 4.78 is 20.1. The molecule has 0 heterocycles. The third-order valence-electron chi connectivity index (χ3n) is 5.39. The Morgan fingerprint density at radius 3 is 2.22 bits per heavy atom. The van der Waals surface area contributed by atoms with Gasteiger partial charge in [0.15, 0.2) is 11.5 Å². The summed E-state index contributed by atoms with van der Waals surface area (Å²) in [5.74, 6) is -3.43. The molecule has 0 aromatic heterocycles. The van der Waals surface area contributed by atoms with Gasteiger partial charge < -0.3 is 34.9 Å². The number of carbonyl (C=O) groups excluding carboxylic acids is 6. The Morgan fingerprint density at radius 1 is 0.951 bits per heavy atom. The highest BCUT2D eigenvalue weighted by Crippen LogP contribution is 2.28. The topological polar surface area (TPSA) is 175 Å². The van der Waals surface area contributed by atoms with E-state index in [2.05, 4.69) is 16.0 Å². The van der Waals surface area contributed by atoms with Gasteiger partial charge in [0, 0.05) is 19.4 Å². The minimum atomic E-state index is -1.11. The van der Waals surface area contributed by atoms with Gasteiger partial charge in [-0.2, -0.15) is 0 Å². The molecule has 0 fully saturated rings. The second-order valence-electron chi connectivity index (χ2n) is 9.00. The van der Waals surface area contributed by atoms with E-state index in [9.17, 15) is 28.8 Å². The molecule has 0 saturated heterocycles. The van der Waals surface area contributed by atoms with Crippen LogP contribution in [0.25, 0.3) is 6.08 Å². The summed E-state index contributed by atoms with van der Waals surface area (Å²) in [5.41, 5.74) is 0.577. The van der Waals surface area contributed by atoms with E-state index >= 15 is 0 Å². The fourth-order valence-corrected chi connectivity index (χ4v) is 3.43. The highest BCUT2D eigenvalue weighted by molar-refractivity contribution is 5.96. The minimum Gasteiger partial charge on any atom is -0.493 e. The van der Waals surface area contributed by atoms with Gasteiger partial charge in [0.1, 0.15) is 12.1 Å². The lowest BCUT2D eigenvalue weighted by Gasteiger charge is -2.24. The van der Waals surface area contributed by atoms with Crippen molar-refractivity contribution in [1.82, 2.24) is 16.0 Å². The van der Waals surface area contributed by atoms with Crippen LogP contribution in [0, 0.1) is 5.92 Å². The summed E-state index contributed by atoms with van der Waals surface area (Å²) in [6.07, 6.45) is 2.53. The first-order valence-electron chi connectivity index (χ1n) is 13.2. The van der Waals surface area contributed by atoms with Crippen LogP contribution < -0.4 is 25.4 Å². The number of rotatable bonds is 16. The predicted molar refractivity (Wildman–Crippen MR) is 148 cm³/mol. The van der Waals surface area contributed by atoms with Crippen LogP contribution in [0.3, 0.4) is 0 Å². The summed E-state index contributed by atoms with van der Waals surface area (Å²) in [5, 5.41) is 7.52. The molecule has 13 heteroatoms. The van der Waals surface area contributed by atoms with Gasteiger partial charge in [-0.15, -0.1) is 0 Å². The molecule has 1 rings (SSSR count). The van der Waals surface area contributed by atoms with Crippen LogP contribution in [0.5, 0.6) is 11.5 Å². The van der Waals surface area contributed by atoms with Crippen LogP contribution in [0.15, 0.2) is 24.3 Å². The van der Waals surface area contributed by atoms with Crippen molar-refractivity contribution >= 4 is 41.7 Å². The van der Waals surface area contributed by atoms with Crippen LogP contribution in [0.1, 0.15) is 53.0 Å². The normalized spacial score (nSPS) is 12.2. The minimum absolute atomic E-state index is 0.0388. The summed E-state index contributed by atoms with van der Waals surface area (Å²) in [6.45, 7) is 7.77. The molecule has 3 N–H and O–H groups in total. The van der Waals surface area contributed by atoms with Gasteiger partial charge in [-0.3, -0.25) is 24.0 Å². The zero-order valence-electron chi connectivity index (χ0n) is 24.2. The van der Waals surface area contributed by atoms with E-state index in [1.165, 1.54) is 32.3 Å². The number of nitrogens with one attached hydrogen (secondary N) is 3. The van der Waals surface area contributed by atoms with E-state index < -0.39 is 54.3 Å². The summed E-state index contributed by atoms with van der Waals surface area (Å²) >= 11 is 0. The molecule has 226 valence electrons. The number of methoxy groups -OCH3 is 1. The highest BCUT2D eigenvalue weighted by Gasteiger charge is 2.30. The molecule has 1 aromatic carbocycles. The maximum atomic E-state index is 13.0. The molecule has 41 heavy (non-hydrogen) atoms. The quantitative estimate of drug-likeness (QED) is 0.147. The number of hydrogen-bond acceptors (Lipinski definition) is 10. The summed E-state index contributed by atoms with van der Waals surface area (Å²) in [7, 11) is 1.41. The largest absolute Gasteiger partial charge is 0.493 e. The Morgan fingerprint density at radius 2 is 1.63 bits per heavy atom. The summed E-state index contributed by atoms with van der Waals surface area (Å²) in [6, 6.07) is 2.55. The Bertz CT molecular complexity index is 1120. The number of hydrogen-bond donors (Lipinski definition) is 3. The van der Waals surface area contributed by atoms with Crippen LogP contribution in [-0.4, -0.2) is 74.6 Å². The van der Waals surface area contributed by atoms with Gasteiger partial charge in [0.05, 0.1) is 26.9 Å². The van der Waals surface area contributed by atoms with Crippen molar-refractivity contribution in [2.24, 2.45) is 5.92 Å². The number of carbonyl (C=O) groups is 6. The molecule has 13 nitrogen and oxygen atoms in total. The molecule has 1 aromatic rings. The van der Waals surface area contributed by atoms with Gasteiger partial charge >= 0.3 is 17.9 Å². The van der Waals surface area contributed by atoms with E-state index in [1.807, 2.05) is 0 Å². The van der Waals surface area contributed by atoms with Crippen molar-refractivity contribution in [3.8, 4) is 11.5 Å². The van der Waals surface area contributed by atoms with Crippen molar-refractivity contribution in [3.63, 3.8) is 0 Å². The smallest absolute Gasteiger partial charge is 0.328 e. The third-order valence-corrected chi connectivity index (χ3v) is 5.39. The monoisotopic (exact) mass is 577 g/mol. The van der Waals surface area contributed by atoms with E-state index in [0.717, 1.165) is 0 Å². The molecule has 0 bridgehead atoms. The average Bonchev–Trinajstić information content (AvgIpc) is 2.91. The second kappa shape index (κ2) is 18.0. The van der Waals surface area contributed by atoms with Crippen LogP contribution in [-0.2, 0) is 38.2 Å². The van der Waals surface area contributed by atoms with E-state index in [-0.39, 0.29) is 37.7 Å². The molecule has 0 radical (unpaired) electrons. The molecule has 0 unspecified atom stereocenters. The van der Waals surface area contributed by atoms with Crippen molar-refractivity contribution in [1.29, 1.82) is 0 Å². The molecule has 3 amide bonds. The zero-order chi connectivity index (χ0) is 30.9. The lowest BCUT2D eigenvalue weighted by Crippen LogP contribution is -2.55. The first-order valence-corrected chi connectivity index (χ1v) is 13.2. The standard InChI is InChI=1S/C28H39N3O10/c1-7-39-25(35)14-11-20(28(37)40-8-2)30-27(36)26(17(3)4)31-24(34)16-29-23(33)13-10-19-9-12-21(41-18(5)32)22(15-19)38-6/h9-10,12-13,15,17,20,26H,7-8,11,14,16H2,1-6H3,(H,29,33)(H,30,36)(H,31,34)/b13-10+/t20-,26+/m1/s1. The lowest BCUT2D eigenvalue weighted by molar-refractivity contribution is -0.149. The zero-order valence-corrected chi connectivity index (χ0v) is 24.2. The number of ether oxygens (including phenoxy) is 4. The van der Waals surface area contributed by atoms with Crippen molar-refractivity contribution in [2.45, 2.75) is 59.5 Å². The number of benzene rings is 1. The Labute approximate surface area is 239 Å². The summed E-state index contributed by atoms with van der Waals surface area (Å²) in [4.78, 5) is 73.0. The van der Waals surface area contributed by atoms with Gasteiger partial charge in [0.2, 0.25) is 17.7 Å². The first-order chi connectivity index (χ1) is 19.4. The highest BCUT2D eigenvalue weighted by atomic mass is 16.6. The number of amides is 3. The van der Waals surface area contributed by atoms with Crippen molar-refractivity contribution < 1.29 is 47.7 Å².